The van der Waals surface area contributed by atoms with E-state index in [-0.39, 0.29) is 29.3 Å². The molecule has 1 atom stereocenters. The van der Waals surface area contributed by atoms with Gasteiger partial charge >= 0.3 is 0 Å². The molecule has 26 heavy (non-hydrogen) atoms. The minimum Gasteiger partial charge on any atom is -0.389 e. The van der Waals surface area contributed by atoms with Crippen LogP contribution in [0.2, 0.25) is 0 Å². The van der Waals surface area contributed by atoms with Crippen LogP contribution in [0.4, 0.5) is 19.1 Å². The Morgan fingerprint density at radius 3 is 2.42 bits per heavy atom. The zero-order valence-corrected chi connectivity index (χ0v) is 15.2. The molecule has 2 aromatic rings. The van der Waals surface area contributed by atoms with Gasteiger partial charge in [0, 0.05) is 11.6 Å². The van der Waals surface area contributed by atoms with E-state index < -0.39 is 34.5 Å². The molecule has 0 unspecified atom stereocenters. The SMILES string of the molecule is CC(C)(C)n1c(NC(=O)C[C@@](C)(O)C2CC2)nc2cc(F)c(F)c(F)c21. The van der Waals surface area contributed by atoms with Gasteiger partial charge in [0.05, 0.1) is 17.5 Å². The lowest BCUT2D eigenvalue weighted by Gasteiger charge is -2.26. The highest BCUT2D eigenvalue weighted by Crippen LogP contribution is 2.41. The number of aliphatic hydroxyl groups is 1. The molecule has 0 radical (unpaired) electrons. The summed E-state index contributed by atoms with van der Waals surface area (Å²) in [5.74, 6) is -4.72. The van der Waals surface area contributed by atoms with Gasteiger partial charge in [-0.2, -0.15) is 0 Å². The largest absolute Gasteiger partial charge is 0.389 e. The van der Waals surface area contributed by atoms with E-state index in [0.717, 1.165) is 18.9 Å². The number of benzene rings is 1. The Morgan fingerprint density at radius 1 is 1.27 bits per heavy atom. The van der Waals surface area contributed by atoms with E-state index in [0.29, 0.717) is 0 Å². The topological polar surface area (TPSA) is 67.2 Å². The van der Waals surface area contributed by atoms with E-state index in [1.54, 1.807) is 27.7 Å². The maximum absolute atomic E-state index is 14.4. The Balaban J connectivity index is 2.02. The van der Waals surface area contributed by atoms with Crippen molar-refractivity contribution in [2.75, 3.05) is 5.32 Å². The van der Waals surface area contributed by atoms with Gasteiger partial charge in [-0.25, -0.2) is 18.2 Å². The first-order valence-electron chi connectivity index (χ1n) is 8.50. The van der Waals surface area contributed by atoms with Crippen LogP contribution in [0.25, 0.3) is 11.0 Å². The standard InChI is InChI=1S/C18H22F3N3O2/c1-17(2,3)24-15-11(7-10(19)13(20)14(15)21)22-16(24)23-12(25)8-18(4,26)9-5-6-9/h7,9,26H,5-6,8H2,1-4H3,(H,22,23,25)/t18-/m1/s1. The lowest BCUT2D eigenvalue weighted by atomic mass is 9.96. The number of carbonyl (C=O) groups is 1. The molecule has 0 bridgehead atoms. The van der Waals surface area contributed by atoms with E-state index in [9.17, 15) is 23.1 Å². The van der Waals surface area contributed by atoms with Crippen molar-refractivity contribution >= 4 is 22.9 Å². The fourth-order valence-electron chi connectivity index (χ4n) is 3.22. The maximum Gasteiger partial charge on any atom is 0.229 e. The first-order chi connectivity index (χ1) is 11.9. The van der Waals surface area contributed by atoms with Crippen molar-refractivity contribution in [2.24, 2.45) is 5.92 Å². The number of anilines is 1. The third-order valence-electron chi connectivity index (χ3n) is 4.68. The Kier molecular flexibility index (Phi) is 4.29. The Hall–Kier alpha value is -2.09. The fourth-order valence-corrected chi connectivity index (χ4v) is 3.22. The van der Waals surface area contributed by atoms with Crippen molar-refractivity contribution in [3.8, 4) is 0 Å². The summed E-state index contributed by atoms with van der Waals surface area (Å²) in [6.07, 6.45) is 1.59. The number of halogens is 3. The number of amides is 1. The molecule has 1 aromatic heterocycles. The van der Waals surface area contributed by atoms with Crippen molar-refractivity contribution in [1.82, 2.24) is 9.55 Å². The van der Waals surface area contributed by atoms with Crippen LogP contribution in [-0.2, 0) is 10.3 Å². The van der Waals surface area contributed by atoms with E-state index in [2.05, 4.69) is 10.3 Å². The number of nitrogens with zero attached hydrogens (tertiary/aromatic N) is 2. The number of carbonyl (C=O) groups excluding carboxylic acids is 1. The molecular formula is C18H22F3N3O2. The summed E-state index contributed by atoms with van der Waals surface area (Å²) >= 11 is 0. The minimum absolute atomic E-state index is 0.0204. The van der Waals surface area contributed by atoms with Crippen molar-refractivity contribution in [2.45, 2.75) is 58.1 Å². The average molecular weight is 369 g/mol. The molecule has 0 spiro atoms. The monoisotopic (exact) mass is 369 g/mol. The highest BCUT2D eigenvalue weighted by Gasteiger charge is 2.41. The molecular weight excluding hydrogens is 347 g/mol. The lowest BCUT2D eigenvalue weighted by Crippen LogP contribution is -2.34. The Bertz CT molecular complexity index is 880. The molecule has 1 aliphatic carbocycles. The molecule has 1 aliphatic rings. The minimum atomic E-state index is -1.59. The van der Waals surface area contributed by atoms with E-state index in [1.165, 1.54) is 4.57 Å². The summed E-state index contributed by atoms with van der Waals surface area (Å²) in [7, 11) is 0. The molecule has 2 N–H and O–H groups in total. The smallest absolute Gasteiger partial charge is 0.229 e. The van der Waals surface area contributed by atoms with Crippen LogP contribution in [0.15, 0.2) is 6.07 Å². The van der Waals surface area contributed by atoms with Gasteiger partial charge < -0.3 is 9.67 Å². The number of aromatic nitrogens is 2. The third kappa shape index (κ3) is 3.30. The molecule has 1 amide bonds. The van der Waals surface area contributed by atoms with Crippen molar-refractivity contribution in [1.29, 1.82) is 0 Å². The van der Waals surface area contributed by atoms with Crippen LogP contribution in [-0.4, -0.2) is 26.2 Å². The van der Waals surface area contributed by atoms with Gasteiger partial charge in [-0.15, -0.1) is 0 Å². The summed E-state index contributed by atoms with van der Waals surface area (Å²) in [5.41, 5.74) is -2.21. The van der Waals surface area contributed by atoms with E-state index in [4.69, 9.17) is 0 Å². The predicted molar refractivity (Wildman–Crippen MR) is 91.2 cm³/mol. The lowest BCUT2D eigenvalue weighted by molar-refractivity contribution is -0.121. The quantitative estimate of drug-likeness (QED) is 0.808. The second kappa shape index (κ2) is 5.97. The number of imidazole rings is 1. The van der Waals surface area contributed by atoms with Crippen molar-refractivity contribution < 1.29 is 23.1 Å². The van der Waals surface area contributed by atoms with Gasteiger partial charge in [0.15, 0.2) is 17.5 Å². The van der Waals surface area contributed by atoms with Gasteiger partial charge in [0.1, 0.15) is 5.52 Å². The zero-order valence-electron chi connectivity index (χ0n) is 15.2. The van der Waals surface area contributed by atoms with Crippen LogP contribution in [0.5, 0.6) is 0 Å². The molecule has 8 heteroatoms. The van der Waals surface area contributed by atoms with Gasteiger partial charge in [-0.3, -0.25) is 10.1 Å². The number of hydrogen-bond donors (Lipinski definition) is 2. The third-order valence-corrected chi connectivity index (χ3v) is 4.68. The first kappa shape index (κ1) is 18.7. The second-order valence-corrected chi connectivity index (χ2v) is 8.15. The number of hydrogen-bond acceptors (Lipinski definition) is 3. The van der Waals surface area contributed by atoms with Crippen molar-refractivity contribution in [3.63, 3.8) is 0 Å². The Morgan fingerprint density at radius 2 is 1.88 bits per heavy atom. The normalized spacial score (nSPS) is 17.4. The van der Waals surface area contributed by atoms with Crippen LogP contribution in [0.3, 0.4) is 0 Å². The molecule has 5 nitrogen and oxygen atoms in total. The Labute approximate surface area is 149 Å². The van der Waals surface area contributed by atoms with Gasteiger partial charge in [-0.05, 0) is 46.5 Å². The second-order valence-electron chi connectivity index (χ2n) is 8.15. The van der Waals surface area contributed by atoms with Crippen LogP contribution >= 0.6 is 0 Å². The van der Waals surface area contributed by atoms with Gasteiger partial charge in [-0.1, -0.05) is 0 Å². The fraction of sp³-hybridized carbons (Fsp3) is 0.556. The van der Waals surface area contributed by atoms with Gasteiger partial charge in [0.2, 0.25) is 11.9 Å². The summed E-state index contributed by atoms with van der Waals surface area (Å²) in [6, 6.07) is 0.798. The van der Waals surface area contributed by atoms with Gasteiger partial charge in [0.25, 0.3) is 0 Å². The van der Waals surface area contributed by atoms with Crippen LogP contribution in [0.1, 0.15) is 47.0 Å². The summed E-state index contributed by atoms with van der Waals surface area (Å²) in [5, 5.41) is 12.9. The van der Waals surface area contributed by atoms with E-state index >= 15 is 0 Å². The molecule has 0 aliphatic heterocycles. The molecule has 1 fully saturated rings. The average Bonchev–Trinajstić information content (AvgIpc) is 3.27. The molecule has 142 valence electrons. The highest BCUT2D eigenvalue weighted by molar-refractivity contribution is 5.92. The molecule has 1 heterocycles. The number of nitrogens with one attached hydrogen (secondary N) is 1. The summed E-state index contributed by atoms with van der Waals surface area (Å²) in [4.78, 5) is 16.4. The number of rotatable bonds is 4. The van der Waals surface area contributed by atoms with Crippen LogP contribution in [0, 0.1) is 23.4 Å². The summed E-state index contributed by atoms with van der Waals surface area (Å²) < 4.78 is 42.9. The predicted octanol–water partition coefficient (Wildman–Crippen LogP) is 3.70. The first-order valence-corrected chi connectivity index (χ1v) is 8.50. The molecule has 1 aromatic carbocycles. The van der Waals surface area contributed by atoms with E-state index in [1.807, 2.05) is 0 Å². The van der Waals surface area contributed by atoms with Crippen molar-refractivity contribution in [3.05, 3.63) is 23.5 Å². The molecule has 3 rings (SSSR count). The summed E-state index contributed by atoms with van der Waals surface area (Å²) in [6.45, 7) is 6.78. The molecule has 1 saturated carbocycles. The highest BCUT2D eigenvalue weighted by atomic mass is 19.2. The zero-order chi connectivity index (χ0) is 19.4. The molecule has 0 saturated heterocycles. The number of fused-ring (bicyclic) bond motifs is 1. The maximum atomic E-state index is 14.4. The van der Waals surface area contributed by atoms with Crippen LogP contribution < -0.4 is 5.32 Å².